The number of carbonyl (C=O) groups is 2. The smallest absolute Gasteiger partial charge is 0.261 e. The normalized spacial score (nSPS) is 12.8. The summed E-state index contributed by atoms with van der Waals surface area (Å²) in [5, 5.41) is 5.88. The summed E-state index contributed by atoms with van der Waals surface area (Å²) in [5.41, 5.74) is 2.13. The van der Waals surface area contributed by atoms with Crippen molar-refractivity contribution < 1.29 is 18.0 Å². The summed E-state index contributed by atoms with van der Waals surface area (Å²) in [6.45, 7) is 0. The number of sulfonamides is 1. The van der Waals surface area contributed by atoms with Crippen LogP contribution in [-0.4, -0.2) is 20.2 Å². The van der Waals surface area contributed by atoms with E-state index in [1.165, 1.54) is 12.1 Å². The largest absolute Gasteiger partial charge is 0.326 e. The second kappa shape index (κ2) is 7.81. The zero-order valence-electron chi connectivity index (χ0n) is 15.5. The Morgan fingerprint density at radius 3 is 2.40 bits per heavy atom. The molecule has 0 aromatic heterocycles. The van der Waals surface area contributed by atoms with E-state index in [0.29, 0.717) is 27.5 Å². The molecule has 2 amide bonds. The molecule has 0 atom stereocenters. The minimum atomic E-state index is -3.94. The van der Waals surface area contributed by atoms with E-state index in [1.807, 2.05) is 0 Å². The molecule has 0 bridgehead atoms. The highest BCUT2D eigenvalue weighted by atomic mass is 35.5. The second-order valence-corrected chi connectivity index (χ2v) is 8.77. The van der Waals surface area contributed by atoms with Gasteiger partial charge in [-0.15, -0.1) is 0 Å². The SMILES string of the molecule is O=C1Cc2cc(S(=O)(=O)Nc3ccccc3NC(=O)c3ccc(Cl)cc3)ccc2N1. The second-order valence-electron chi connectivity index (χ2n) is 6.66. The molecule has 1 aliphatic heterocycles. The molecule has 3 aromatic rings. The maximum atomic E-state index is 12.9. The summed E-state index contributed by atoms with van der Waals surface area (Å²) in [6.07, 6.45) is 0.131. The fraction of sp³-hybridized carbons (Fsp3) is 0.0476. The molecule has 3 N–H and O–H groups in total. The first kappa shape index (κ1) is 19.9. The lowest BCUT2D eigenvalue weighted by Crippen LogP contribution is -2.17. The molecule has 0 aliphatic carbocycles. The van der Waals surface area contributed by atoms with Crippen LogP contribution in [0.2, 0.25) is 5.02 Å². The van der Waals surface area contributed by atoms with Crippen LogP contribution in [0.25, 0.3) is 0 Å². The molecule has 0 saturated carbocycles. The predicted molar refractivity (Wildman–Crippen MR) is 115 cm³/mol. The van der Waals surface area contributed by atoms with Crippen LogP contribution in [0.1, 0.15) is 15.9 Å². The number of benzene rings is 3. The van der Waals surface area contributed by atoms with Crippen molar-refractivity contribution >= 4 is 50.5 Å². The van der Waals surface area contributed by atoms with E-state index in [9.17, 15) is 18.0 Å². The number of hydrogen-bond donors (Lipinski definition) is 3. The predicted octanol–water partition coefficient (Wildman–Crippen LogP) is 3.89. The lowest BCUT2D eigenvalue weighted by molar-refractivity contribution is -0.115. The van der Waals surface area contributed by atoms with E-state index in [0.717, 1.165) is 0 Å². The average Bonchev–Trinajstić information content (AvgIpc) is 3.09. The van der Waals surface area contributed by atoms with Crippen molar-refractivity contribution in [1.29, 1.82) is 0 Å². The van der Waals surface area contributed by atoms with Gasteiger partial charge < -0.3 is 10.6 Å². The molecule has 0 fully saturated rings. The molecule has 0 unspecified atom stereocenters. The third-order valence-corrected chi connectivity index (χ3v) is 6.15. The molecule has 4 rings (SSSR count). The van der Waals surface area contributed by atoms with Gasteiger partial charge in [0.1, 0.15) is 0 Å². The number of fused-ring (bicyclic) bond motifs is 1. The fourth-order valence-corrected chi connectivity index (χ4v) is 4.31. The maximum absolute atomic E-state index is 12.9. The van der Waals surface area contributed by atoms with E-state index < -0.39 is 15.9 Å². The molecular weight excluding hydrogens is 426 g/mol. The zero-order valence-corrected chi connectivity index (χ0v) is 17.0. The molecule has 9 heteroatoms. The first-order chi connectivity index (χ1) is 14.3. The molecular formula is C21H16ClN3O4S. The Labute approximate surface area is 178 Å². The molecule has 152 valence electrons. The summed E-state index contributed by atoms with van der Waals surface area (Å²) >= 11 is 5.84. The van der Waals surface area contributed by atoms with Gasteiger partial charge in [-0.1, -0.05) is 23.7 Å². The minimum absolute atomic E-state index is 0.0246. The Kier molecular flexibility index (Phi) is 5.19. The van der Waals surface area contributed by atoms with Crippen LogP contribution in [0, 0.1) is 0 Å². The van der Waals surface area contributed by atoms with Gasteiger partial charge in [0, 0.05) is 16.3 Å². The van der Waals surface area contributed by atoms with Crippen LogP contribution in [-0.2, 0) is 21.2 Å². The lowest BCUT2D eigenvalue weighted by Gasteiger charge is -2.14. The molecule has 0 spiro atoms. The molecule has 1 heterocycles. The van der Waals surface area contributed by atoms with Crippen LogP contribution in [0.5, 0.6) is 0 Å². The lowest BCUT2D eigenvalue weighted by atomic mass is 10.2. The van der Waals surface area contributed by atoms with Gasteiger partial charge in [0.25, 0.3) is 15.9 Å². The number of rotatable bonds is 5. The Balaban J connectivity index is 1.58. The van der Waals surface area contributed by atoms with E-state index in [2.05, 4.69) is 15.4 Å². The quantitative estimate of drug-likeness (QED) is 0.558. The van der Waals surface area contributed by atoms with Crippen molar-refractivity contribution in [3.63, 3.8) is 0 Å². The number of para-hydroxylation sites is 2. The average molecular weight is 442 g/mol. The summed E-state index contributed by atoms with van der Waals surface area (Å²) in [7, 11) is -3.94. The van der Waals surface area contributed by atoms with Crippen molar-refractivity contribution in [3.05, 3.63) is 82.9 Å². The zero-order chi connectivity index (χ0) is 21.3. The number of halogens is 1. The van der Waals surface area contributed by atoms with Gasteiger partial charge in [-0.2, -0.15) is 0 Å². The highest BCUT2D eigenvalue weighted by Gasteiger charge is 2.22. The maximum Gasteiger partial charge on any atom is 0.261 e. The van der Waals surface area contributed by atoms with Crippen molar-refractivity contribution in [2.45, 2.75) is 11.3 Å². The van der Waals surface area contributed by atoms with Crippen LogP contribution >= 0.6 is 11.6 Å². The third-order valence-electron chi connectivity index (χ3n) is 4.54. The fourth-order valence-electron chi connectivity index (χ4n) is 3.05. The van der Waals surface area contributed by atoms with Gasteiger partial charge in [0.05, 0.1) is 22.7 Å². The molecule has 30 heavy (non-hydrogen) atoms. The van der Waals surface area contributed by atoms with Gasteiger partial charge in [-0.25, -0.2) is 8.42 Å². The number of amides is 2. The van der Waals surface area contributed by atoms with Crippen LogP contribution in [0.15, 0.2) is 71.6 Å². The van der Waals surface area contributed by atoms with Crippen LogP contribution < -0.4 is 15.4 Å². The summed E-state index contributed by atoms with van der Waals surface area (Å²) in [4.78, 5) is 24.0. The van der Waals surface area contributed by atoms with Crippen molar-refractivity contribution in [2.24, 2.45) is 0 Å². The number of carbonyl (C=O) groups excluding carboxylic acids is 2. The Morgan fingerprint density at radius 2 is 1.67 bits per heavy atom. The Hall–Kier alpha value is -3.36. The molecule has 7 nitrogen and oxygen atoms in total. The Bertz CT molecular complexity index is 1260. The number of hydrogen-bond acceptors (Lipinski definition) is 4. The monoisotopic (exact) mass is 441 g/mol. The molecule has 0 saturated heterocycles. The summed E-state index contributed by atoms with van der Waals surface area (Å²) in [6, 6.07) is 17.3. The van der Waals surface area contributed by atoms with Crippen molar-refractivity contribution in [2.75, 3.05) is 15.4 Å². The molecule has 1 aliphatic rings. The summed E-state index contributed by atoms with van der Waals surface area (Å²) < 4.78 is 28.3. The van der Waals surface area contributed by atoms with Crippen molar-refractivity contribution in [3.8, 4) is 0 Å². The van der Waals surface area contributed by atoms with E-state index >= 15 is 0 Å². The Morgan fingerprint density at radius 1 is 0.967 bits per heavy atom. The van der Waals surface area contributed by atoms with Crippen LogP contribution in [0.3, 0.4) is 0 Å². The van der Waals surface area contributed by atoms with Gasteiger partial charge >= 0.3 is 0 Å². The highest BCUT2D eigenvalue weighted by Crippen LogP contribution is 2.29. The first-order valence-electron chi connectivity index (χ1n) is 8.93. The van der Waals surface area contributed by atoms with Gasteiger partial charge in [-0.05, 0) is 60.2 Å². The molecule has 3 aromatic carbocycles. The summed E-state index contributed by atoms with van der Waals surface area (Å²) in [5.74, 6) is -0.580. The van der Waals surface area contributed by atoms with Crippen molar-refractivity contribution in [1.82, 2.24) is 0 Å². The minimum Gasteiger partial charge on any atom is -0.326 e. The number of anilines is 3. The topological polar surface area (TPSA) is 104 Å². The van der Waals surface area contributed by atoms with Gasteiger partial charge in [0.15, 0.2) is 0 Å². The highest BCUT2D eigenvalue weighted by molar-refractivity contribution is 7.92. The van der Waals surface area contributed by atoms with E-state index in [-0.39, 0.29) is 22.9 Å². The number of nitrogens with one attached hydrogen (secondary N) is 3. The van der Waals surface area contributed by atoms with E-state index in [4.69, 9.17) is 11.6 Å². The van der Waals surface area contributed by atoms with Gasteiger partial charge in [-0.3, -0.25) is 14.3 Å². The standard InChI is InChI=1S/C21H16ClN3O4S/c22-15-7-5-13(6-8-15)21(27)24-18-3-1-2-4-19(18)25-30(28,29)16-9-10-17-14(11-16)12-20(26)23-17/h1-11,25H,12H2,(H,23,26)(H,24,27). The van der Waals surface area contributed by atoms with Crippen LogP contribution in [0.4, 0.5) is 17.1 Å². The third kappa shape index (κ3) is 4.14. The molecule has 0 radical (unpaired) electrons. The van der Waals surface area contributed by atoms with Gasteiger partial charge in [0.2, 0.25) is 5.91 Å². The first-order valence-corrected chi connectivity index (χ1v) is 10.8. The van der Waals surface area contributed by atoms with E-state index in [1.54, 1.807) is 54.6 Å².